The first-order valence-corrected chi connectivity index (χ1v) is 9.49. The second kappa shape index (κ2) is 7.60. The Bertz CT molecular complexity index is 520. The summed E-state index contributed by atoms with van der Waals surface area (Å²) in [4.78, 5) is 11.6. The lowest BCUT2D eigenvalue weighted by molar-refractivity contribution is -0.0250. The summed E-state index contributed by atoms with van der Waals surface area (Å²) < 4.78 is 0. The maximum atomic E-state index is 11.0. The molecule has 24 heavy (non-hydrogen) atoms. The van der Waals surface area contributed by atoms with Gasteiger partial charge in [0.1, 0.15) is 0 Å². The molecule has 0 amide bonds. The number of piperazine rings is 1. The van der Waals surface area contributed by atoms with Crippen LogP contribution in [0.15, 0.2) is 18.3 Å². The van der Waals surface area contributed by atoms with Crippen LogP contribution in [0.4, 0.5) is 5.69 Å². The maximum Gasteiger partial charge on any atom is 0.0807 e. The van der Waals surface area contributed by atoms with Crippen molar-refractivity contribution in [2.75, 3.05) is 57.8 Å². The molecule has 2 saturated heterocycles. The summed E-state index contributed by atoms with van der Waals surface area (Å²) in [6.45, 7) is 8.95. The minimum atomic E-state index is -0.542. The van der Waals surface area contributed by atoms with Gasteiger partial charge in [-0.15, -0.1) is 0 Å². The molecule has 2 aliphatic rings. The molecule has 1 atom stereocenters. The average Bonchev–Trinajstić information content (AvgIpc) is 2.58. The SMILES string of the molecule is CC(S)c1ccc(N2CCC(O)(CN3CCN(C)CC3)CC2)cn1. The van der Waals surface area contributed by atoms with E-state index in [2.05, 4.69) is 51.5 Å². The molecule has 2 fully saturated rings. The number of likely N-dealkylation sites (N-methyl/N-ethyl adjacent to an activating group) is 1. The van der Waals surface area contributed by atoms with Gasteiger partial charge in [-0.25, -0.2) is 0 Å². The van der Waals surface area contributed by atoms with Crippen LogP contribution in [0.5, 0.6) is 0 Å². The number of pyridine rings is 1. The highest BCUT2D eigenvalue weighted by Gasteiger charge is 2.34. The van der Waals surface area contributed by atoms with E-state index in [-0.39, 0.29) is 5.25 Å². The van der Waals surface area contributed by atoms with Crippen molar-refractivity contribution in [2.24, 2.45) is 0 Å². The van der Waals surface area contributed by atoms with Crippen LogP contribution in [0.3, 0.4) is 0 Å². The Labute approximate surface area is 151 Å². The van der Waals surface area contributed by atoms with Gasteiger partial charge in [-0.2, -0.15) is 12.6 Å². The van der Waals surface area contributed by atoms with Crippen molar-refractivity contribution in [3.63, 3.8) is 0 Å². The molecule has 3 heterocycles. The number of rotatable bonds is 4. The summed E-state index contributed by atoms with van der Waals surface area (Å²) in [5.74, 6) is 0. The number of anilines is 1. The number of hydrogen-bond acceptors (Lipinski definition) is 6. The zero-order valence-electron chi connectivity index (χ0n) is 14.9. The van der Waals surface area contributed by atoms with Gasteiger partial charge in [0.25, 0.3) is 0 Å². The third-order valence-electron chi connectivity index (χ3n) is 5.37. The minimum absolute atomic E-state index is 0.161. The molecule has 3 rings (SSSR count). The first kappa shape index (κ1) is 18.0. The maximum absolute atomic E-state index is 11.0. The molecule has 0 bridgehead atoms. The fourth-order valence-electron chi connectivity index (χ4n) is 3.59. The molecule has 0 radical (unpaired) electrons. The summed E-state index contributed by atoms with van der Waals surface area (Å²) in [5.41, 5.74) is 1.61. The summed E-state index contributed by atoms with van der Waals surface area (Å²) in [7, 11) is 2.17. The van der Waals surface area contributed by atoms with Crippen LogP contribution in [0.1, 0.15) is 30.7 Å². The van der Waals surface area contributed by atoms with Gasteiger partial charge in [0, 0.05) is 51.1 Å². The summed E-state index contributed by atoms with van der Waals surface area (Å²) in [6, 6.07) is 4.18. The van der Waals surface area contributed by atoms with E-state index < -0.39 is 5.60 Å². The van der Waals surface area contributed by atoms with Crippen LogP contribution < -0.4 is 4.90 Å². The molecule has 0 saturated carbocycles. The van der Waals surface area contributed by atoms with Gasteiger partial charge in [0.05, 0.1) is 23.2 Å². The normalized spacial score (nSPS) is 24.1. The molecule has 1 N–H and O–H groups in total. The number of aromatic nitrogens is 1. The van der Waals surface area contributed by atoms with Crippen molar-refractivity contribution < 1.29 is 5.11 Å². The Morgan fingerprint density at radius 2 is 1.83 bits per heavy atom. The highest BCUT2D eigenvalue weighted by molar-refractivity contribution is 7.80. The van der Waals surface area contributed by atoms with E-state index in [1.54, 1.807) is 0 Å². The van der Waals surface area contributed by atoms with Crippen LogP contribution >= 0.6 is 12.6 Å². The summed E-state index contributed by atoms with van der Waals surface area (Å²) in [6.07, 6.45) is 3.58. The number of nitrogens with zero attached hydrogens (tertiary/aromatic N) is 4. The van der Waals surface area contributed by atoms with Gasteiger partial charge < -0.3 is 14.9 Å². The van der Waals surface area contributed by atoms with Crippen molar-refractivity contribution >= 4 is 18.3 Å². The second-order valence-electron chi connectivity index (χ2n) is 7.41. The largest absolute Gasteiger partial charge is 0.388 e. The Morgan fingerprint density at radius 1 is 1.17 bits per heavy atom. The number of piperidine rings is 1. The number of thiol groups is 1. The number of aliphatic hydroxyl groups is 1. The average molecular weight is 351 g/mol. The Kier molecular flexibility index (Phi) is 5.70. The van der Waals surface area contributed by atoms with E-state index >= 15 is 0 Å². The first-order valence-electron chi connectivity index (χ1n) is 8.97. The van der Waals surface area contributed by atoms with Crippen LogP contribution in [0, 0.1) is 0 Å². The van der Waals surface area contributed by atoms with Crippen LogP contribution in [0.2, 0.25) is 0 Å². The van der Waals surface area contributed by atoms with Crippen LogP contribution in [-0.4, -0.2) is 78.4 Å². The molecule has 0 aromatic carbocycles. The van der Waals surface area contributed by atoms with E-state index in [0.29, 0.717) is 0 Å². The minimum Gasteiger partial charge on any atom is -0.388 e. The Hall–Kier alpha value is -0.820. The van der Waals surface area contributed by atoms with Crippen LogP contribution in [0.25, 0.3) is 0 Å². The topological polar surface area (TPSA) is 42.8 Å². The monoisotopic (exact) mass is 350 g/mol. The smallest absolute Gasteiger partial charge is 0.0807 e. The van der Waals surface area contributed by atoms with E-state index in [1.165, 1.54) is 0 Å². The highest BCUT2D eigenvalue weighted by atomic mass is 32.1. The lowest BCUT2D eigenvalue weighted by Crippen LogP contribution is -2.54. The van der Waals surface area contributed by atoms with Crippen LogP contribution in [-0.2, 0) is 0 Å². The lowest BCUT2D eigenvalue weighted by Gasteiger charge is -2.43. The molecule has 1 aromatic heterocycles. The second-order valence-corrected chi connectivity index (χ2v) is 8.18. The summed E-state index contributed by atoms with van der Waals surface area (Å²) in [5, 5.41) is 11.1. The van der Waals surface area contributed by atoms with Gasteiger partial charge in [0.15, 0.2) is 0 Å². The highest BCUT2D eigenvalue weighted by Crippen LogP contribution is 2.28. The fourth-order valence-corrected chi connectivity index (χ4v) is 3.75. The first-order chi connectivity index (χ1) is 11.5. The zero-order chi connectivity index (χ0) is 17.2. The fraction of sp³-hybridized carbons (Fsp3) is 0.722. The van der Waals surface area contributed by atoms with Crippen molar-refractivity contribution in [3.05, 3.63) is 24.0 Å². The Balaban J connectivity index is 1.52. The summed E-state index contributed by atoms with van der Waals surface area (Å²) >= 11 is 4.42. The van der Waals surface area contributed by atoms with E-state index in [9.17, 15) is 5.11 Å². The third-order valence-corrected chi connectivity index (χ3v) is 5.64. The zero-order valence-corrected chi connectivity index (χ0v) is 15.8. The van der Waals surface area contributed by atoms with E-state index in [0.717, 1.165) is 70.0 Å². The molecule has 2 aliphatic heterocycles. The number of β-amino-alcohol motifs (C(OH)–C–C–N with tert-alkyl or cyclic N) is 1. The van der Waals surface area contributed by atoms with Crippen molar-refractivity contribution in [1.82, 2.24) is 14.8 Å². The lowest BCUT2D eigenvalue weighted by atomic mass is 9.90. The van der Waals surface area contributed by atoms with Gasteiger partial charge in [-0.1, -0.05) is 0 Å². The van der Waals surface area contributed by atoms with E-state index in [4.69, 9.17) is 0 Å². The van der Waals surface area contributed by atoms with E-state index in [1.807, 2.05) is 13.1 Å². The molecular formula is C18H30N4OS. The predicted octanol–water partition coefficient (Wildman–Crippen LogP) is 1.65. The number of hydrogen-bond donors (Lipinski definition) is 2. The molecule has 134 valence electrons. The van der Waals surface area contributed by atoms with Crippen molar-refractivity contribution in [3.8, 4) is 0 Å². The molecule has 0 aliphatic carbocycles. The van der Waals surface area contributed by atoms with Gasteiger partial charge >= 0.3 is 0 Å². The molecular weight excluding hydrogens is 320 g/mol. The molecule has 5 nitrogen and oxygen atoms in total. The predicted molar refractivity (Wildman–Crippen MR) is 102 cm³/mol. The Morgan fingerprint density at radius 3 is 2.38 bits per heavy atom. The molecule has 6 heteroatoms. The van der Waals surface area contributed by atoms with Crippen molar-refractivity contribution in [1.29, 1.82) is 0 Å². The van der Waals surface area contributed by atoms with Gasteiger partial charge in [0.2, 0.25) is 0 Å². The van der Waals surface area contributed by atoms with Gasteiger partial charge in [-0.05, 0) is 38.9 Å². The molecule has 1 unspecified atom stereocenters. The third kappa shape index (κ3) is 4.42. The molecule has 1 aromatic rings. The standard InChI is InChI=1S/C18H30N4OS/c1-15(24)17-4-3-16(13-19-17)22-7-5-18(23,6-8-22)14-21-11-9-20(2)10-12-21/h3-4,13,15,23-24H,5-12,14H2,1-2H3. The van der Waals surface area contributed by atoms with Crippen molar-refractivity contribution in [2.45, 2.75) is 30.6 Å². The quantitative estimate of drug-likeness (QED) is 0.809. The molecule has 0 spiro atoms. The van der Waals surface area contributed by atoms with Gasteiger partial charge in [-0.3, -0.25) is 9.88 Å².